The van der Waals surface area contributed by atoms with Crippen LogP contribution >= 0.6 is 0 Å². The van der Waals surface area contributed by atoms with Crippen molar-refractivity contribution in [3.63, 3.8) is 0 Å². The van der Waals surface area contributed by atoms with E-state index in [2.05, 4.69) is 5.32 Å². The van der Waals surface area contributed by atoms with Crippen LogP contribution in [0.25, 0.3) is 0 Å². The number of nitrogens with one attached hydrogen (secondary N) is 1. The molecular weight excluding hydrogens is 291 g/mol. The van der Waals surface area contributed by atoms with Gasteiger partial charge in [-0.2, -0.15) is 0 Å². The van der Waals surface area contributed by atoms with Gasteiger partial charge in [-0.25, -0.2) is 12.8 Å². The van der Waals surface area contributed by atoms with Crippen LogP contribution in [0.4, 0.5) is 15.8 Å². The molecule has 0 saturated heterocycles. The van der Waals surface area contributed by atoms with E-state index in [1.54, 1.807) is 0 Å². The molecule has 9 heteroatoms. The number of nitro groups is 1. The highest BCUT2D eigenvalue weighted by molar-refractivity contribution is 7.90. The molecule has 0 bridgehead atoms. The SMILES string of the molecule is COc1cc(NCCCS(C)(=O)=O)c(F)cc1[N+](=O)[O-]. The summed E-state index contributed by atoms with van der Waals surface area (Å²) in [5.74, 6) is -0.884. The van der Waals surface area contributed by atoms with Gasteiger partial charge < -0.3 is 10.1 Å². The Kier molecular flexibility index (Phi) is 5.26. The van der Waals surface area contributed by atoms with Gasteiger partial charge in [0.1, 0.15) is 9.84 Å². The molecule has 1 rings (SSSR count). The van der Waals surface area contributed by atoms with Crippen LogP contribution in [-0.2, 0) is 9.84 Å². The Hall–Kier alpha value is -1.90. The van der Waals surface area contributed by atoms with Gasteiger partial charge in [0, 0.05) is 18.9 Å². The van der Waals surface area contributed by atoms with Crippen molar-refractivity contribution in [2.45, 2.75) is 6.42 Å². The highest BCUT2D eigenvalue weighted by Crippen LogP contribution is 2.32. The topological polar surface area (TPSA) is 98.5 Å². The number of halogens is 1. The Morgan fingerprint density at radius 3 is 2.60 bits per heavy atom. The lowest BCUT2D eigenvalue weighted by molar-refractivity contribution is -0.385. The smallest absolute Gasteiger partial charge is 0.313 e. The van der Waals surface area contributed by atoms with E-state index in [1.807, 2.05) is 0 Å². The standard InChI is InChI=1S/C11H15FN2O5S/c1-19-11-7-9(8(12)6-10(11)14(15)16)13-4-3-5-20(2,17)18/h6-7,13H,3-5H2,1-2H3. The summed E-state index contributed by atoms with van der Waals surface area (Å²) >= 11 is 0. The molecule has 0 aliphatic rings. The molecule has 1 N–H and O–H groups in total. The van der Waals surface area contributed by atoms with E-state index in [-0.39, 0.29) is 23.7 Å². The number of ether oxygens (including phenoxy) is 1. The van der Waals surface area contributed by atoms with Gasteiger partial charge in [-0.15, -0.1) is 0 Å². The fraction of sp³-hybridized carbons (Fsp3) is 0.455. The number of methoxy groups -OCH3 is 1. The van der Waals surface area contributed by atoms with Crippen molar-refractivity contribution in [2.24, 2.45) is 0 Å². The summed E-state index contributed by atoms with van der Waals surface area (Å²) in [4.78, 5) is 9.95. The molecule has 0 aliphatic carbocycles. The maximum Gasteiger partial charge on any atom is 0.313 e. The van der Waals surface area contributed by atoms with Crippen LogP contribution in [0.2, 0.25) is 0 Å². The summed E-state index contributed by atoms with van der Waals surface area (Å²) in [6, 6.07) is 1.94. The van der Waals surface area contributed by atoms with E-state index in [0.717, 1.165) is 12.3 Å². The molecule has 1 aromatic rings. The number of rotatable bonds is 7. The lowest BCUT2D eigenvalue weighted by Crippen LogP contribution is -2.10. The van der Waals surface area contributed by atoms with E-state index in [1.165, 1.54) is 13.2 Å². The largest absolute Gasteiger partial charge is 0.490 e. The summed E-state index contributed by atoms with van der Waals surface area (Å²) in [5.41, 5.74) is -0.437. The van der Waals surface area contributed by atoms with Gasteiger partial charge in [0.05, 0.1) is 29.5 Å². The normalized spacial score (nSPS) is 11.2. The minimum atomic E-state index is -3.07. The molecule has 0 spiro atoms. The average molecular weight is 306 g/mol. The third-order valence-electron chi connectivity index (χ3n) is 2.47. The number of benzene rings is 1. The van der Waals surface area contributed by atoms with Crippen LogP contribution in [0.3, 0.4) is 0 Å². The Bertz CT molecular complexity index is 603. The third-order valence-corrected chi connectivity index (χ3v) is 3.50. The van der Waals surface area contributed by atoms with E-state index >= 15 is 0 Å². The Labute approximate surface area is 115 Å². The zero-order valence-corrected chi connectivity index (χ0v) is 11.9. The molecular formula is C11H15FN2O5S. The molecule has 1 aromatic carbocycles. The second-order valence-electron chi connectivity index (χ2n) is 4.17. The van der Waals surface area contributed by atoms with Crippen molar-refractivity contribution < 1.29 is 22.5 Å². The van der Waals surface area contributed by atoms with Gasteiger partial charge >= 0.3 is 5.69 Å². The summed E-state index contributed by atoms with van der Waals surface area (Å²) in [7, 11) is -1.82. The number of hydrogen-bond donors (Lipinski definition) is 1. The highest BCUT2D eigenvalue weighted by atomic mass is 32.2. The second kappa shape index (κ2) is 6.51. The van der Waals surface area contributed by atoms with Crippen LogP contribution in [0, 0.1) is 15.9 Å². The summed E-state index contributed by atoms with van der Waals surface area (Å²) in [6.07, 6.45) is 1.42. The second-order valence-corrected chi connectivity index (χ2v) is 6.43. The maximum absolute atomic E-state index is 13.6. The predicted octanol–water partition coefficient (Wildman–Crippen LogP) is 1.59. The third kappa shape index (κ3) is 4.65. The molecule has 0 atom stereocenters. The number of hydrogen-bond acceptors (Lipinski definition) is 6. The quantitative estimate of drug-likeness (QED) is 0.466. The minimum absolute atomic E-state index is 0.0221. The number of sulfone groups is 1. The Morgan fingerprint density at radius 1 is 1.45 bits per heavy atom. The van der Waals surface area contributed by atoms with Crippen molar-refractivity contribution in [3.05, 3.63) is 28.1 Å². The first-order chi connectivity index (χ1) is 9.24. The van der Waals surface area contributed by atoms with Crippen LogP contribution in [0.5, 0.6) is 5.75 Å². The number of nitro benzene ring substituents is 1. The van der Waals surface area contributed by atoms with Gasteiger partial charge in [0.2, 0.25) is 0 Å². The fourth-order valence-corrected chi connectivity index (χ4v) is 2.21. The summed E-state index contributed by atoms with van der Waals surface area (Å²) in [5, 5.41) is 13.4. The van der Waals surface area contributed by atoms with Gasteiger partial charge in [-0.3, -0.25) is 10.1 Å². The zero-order chi connectivity index (χ0) is 15.3. The maximum atomic E-state index is 13.6. The zero-order valence-electron chi connectivity index (χ0n) is 11.1. The van der Waals surface area contributed by atoms with Crippen molar-refractivity contribution >= 4 is 21.2 Å². The van der Waals surface area contributed by atoms with E-state index in [9.17, 15) is 22.9 Å². The molecule has 0 unspecified atom stereocenters. The van der Waals surface area contributed by atoms with Crippen LogP contribution < -0.4 is 10.1 Å². The first-order valence-corrected chi connectivity index (χ1v) is 7.74. The lowest BCUT2D eigenvalue weighted by atomic mass is 10.2. The minimum Gasteiger partial charge on any atom is -0.490 e. The van der Waals surface area contributed by atoms with Crippen LogP contribution in [0.1, 0.15) is 6.42 Å². The lowest BCUT2D eigenvalue weighted by Gasteiger charge is -2.09. The molecule has 7 nitrogen and oxygen atoms in total. The monoisotopic (exact) mass is 306 g/mol. The van der Waals surface area contributed by atoms with Gasteiger partial charge in [0.15, 0.2) is 11.6 Å². The van der Waals surface area contributed by atoms with Crippen LogP contribution in [0.15, 0.2) is 12.1 Å². The summed E-state index contributed by atoms with van der Waals surface area (Å²) in [6.45, 7) is 0.227. The average Bonchev–Trinajstić information content (AvgIpc) is 2.34. The molecule has 0 aliphatic heterocycles. The number of anilines is 1. The van der Waals surface area contributed by atoms with Crippen molar-refractivity contribution in [1.82, 2.24) is 0 Å². The first-order valence-electron chi connectivity index (χ1n) is 5.68. The molecule has 0 fully saturated rings. The molecule has 0 aromatic heterocycles. The Balaban J connectivity index is 2.79. The van der Waals surface area contributed by atoms with Crippen molar-refractivity contribution in [3.8, 4) is 5.75 Å². The molecule has 0 saturated carbocycles. The number of nitrogens with zero attached hydrogens (tertiary/aromatic N) is 1. The fourth-order valence-electron chi connectivity index (χ4n) is 1.54. The van der Waals surface area contributed by atoms with E-state index < -0.39 is 26.3 Å². The highest BCUT2D eigenvalue weighted by Gasteiger charge is 2.19. The molecule has 0 radical (unpaired) electrons. The van der Waals surface area contributed by atoms with E-state index in [4.69, 9.17) is 4.74 Å². The van der Waals surface area contributed by atoms with Crippen molar-refractivity contribution in [1.29, 1.82) is 0 Å². The van der Waals surface area contributed by atoms with Gasteiger partial charge in [-0.1, -0.05) is 0 Å². The Morgan fingerprint density at radius 2 is 2.10 bits per heavy atom. The molecule has 112 valence electrons. The summed E-state index contributed by atoms with van der Waals surface area (Å²) < 4.78 is 40.3. The van der Waals surface area contributed by atoms with Gasteiger partial charge in [0.25, 0.3) is 0 Å². The molecule has 0 amide bonds. The van der Waals surface area contributed by atoms with E-state index in [0.29, 0.717) is 6.42 Å². The molecule has 0 heterocycles. The van der Waals surface area contributed by atoms with Crippen molar-refractivity contribution in [2.75, 3.05) is 31.0 Å². The first kappa shape index (κ1) is 16.2. The molecule has 20 heavy (non-hydrogen) atoms. The van der Waals surface area contributed by atoms with Crippen LogP contribution in [-0.4, -0.2) is 39.0 Å². The predicted molar refractivity (Wildman–Crippen MR) is 72.4 cm³/mol. The van der Waals surface area contributed by atoms with Gasteiger partial charge in [-0.05, 0) is 6.42 Å².